The molecular formula is C24H35F2N9O2. The first kappa shape index (κ1) is 24.9. The fourth-order valence-corrected chi connectivity index (χ4v) is 6.76. The number of fused-ring (bicyclic) bond motifs is 3. The lowest BCUT2D eigenvalue weighted by Crippen LogP contribution is -2.58. The van der Waals surface area contributed by atoms with Crippen LogP contribution in [0.5, 0.6) is 0 Å². The summed E-state index contributed by atoms with van der Waals surface area (Å²) in [5.41, 5.74) is 9.65. The van der Waals surface area contributed by atoms with E-state index in [4.69, 9.17) is 5.73 Å². The van der Waals surface area contributed by atoms with Crippen molar-refractivity contribution in [1.29, 1.82) is 0 Å². The first-order valence-corrected chi connectivity index (χ1v) is 13.2. The maximum absolute atomic E-state index is 15.1. The van der Waals surface area contributed by atoms with Crippen LogP contribution in [0.15, 0.2) is 12.4 Å². The number of alkyl halides is 1. The van der Waals surface area contributed by atoms with Crippen LogP contribution in [0.4, 0.5) is 20.2 Å². The van der Waals surface area contributed by atoms with Crippen molar-refractivity contribution >= 4 is 23.2 Å². The lowest BCUT2D eigenvalue weighted by Gasteiger charge is -2.38. The van der Waals surface area contributed by atoms with Crippen LogP contribution >= 0.6 is 0 Å². The van der Waals surface area contributed by atoms with Gasteiger partial charge in [0.2, 0.25) is 11.8 Å². The van der Waals surface area contributed by atoms with Crippen molar-refractivity contribution in [2.45, 2.75) is 49.8 Å². The number of rotatable bonds is 4. The third kappa shape index (κ3) is 4.46. The summed E-state index contributed by atoms with van der Waals surface area (Å²) in [5.74, 6) is -1.50. The number of pyridine rings is 1. The highest BCUT2D eigenvalue weighted by Gasteiger charge is 2.48. The molecule has 202 valence electrons. The van der Waals surface area contributed by atoms with Crippen LogP contribution in [-0.4, -0.2) is 109 Å². The SMILES string of the molecule is CN1CC2CC1CN2C(=O)C1CCN(c2c(F)cncc2NC(=O)C2C(N)NN3CC(F)CNC23)CC1. The van der Waals surface area contributed by atoms with Crippen molar-refractivity contribution < 1.29 is 18.4 Å². The maximum atomic E-state index is 15.1. The summed E-state index contributed by atoms with van der Waals surface area (Å²) in [6.07, 6.45) is 2.63. The minimum atomic E-state index is -1.06. The van der Waals surface area contributed by atoms with Crippen molar-refractivity contribution in [3.05, 3.63) is 18.2 Å². The third-order valence-electron chi connectivity index (χ3n) is 8.71. The number of anilines is 2. The Morgan fingerprint density at radius 1 is 1.16 bits per heavy atom. The Hall–Kier alpha value is -2.45. The molecule has 13 heteroatoms. The smallest absolute Gasteiger partial charge is 0.233 e. The number of hydrogen-bond acceptors (Lipinski definition) is 9. The van der Waals surface area contributed by atoms with Crippen LogP contribution < -0.4 is 26.7 Å². The van der Waals surface area contributed by atoms with Crippen LogP contribution in [-0.2, 0) is 9.59 Å². The molecule has 5 saturated heterocycles. The molecule has 1 aromatic rings. The highest BCUT2D eigenvalue weighted by molar-refractivity contribution is 5.96. The number of piperazine rings is 1. The van der Waals surface area contributed by atoms with Gasteiger partial charge in [0, 0.05) is 57.3 Å². The molecule has 0 aliphatic carbocycles. The van der Waals surface area contributed by atoms with Crippen LogP contribution in [0.25, 0.3) is 0 Å². The van der Waals surface area contributed by atoms with E-state index in [1.165, 1.54) is 6.20 Å². The highest BCUT2D eigenvalue weighted by Crippen LogP contribution is 2.36. The van der Waals surface area contributed by atoms with Crippen LogP contribution in [0.2, 0.25) is 0 Å². The van der Waals surface area contributed by atoms with Crippen LogP contribution in [0.3, 0.4) is 0 Å². The number of hydrogen-bond donors (Lipinski definition) is 4. The third-order valence-corrected chi connectivity index (χ3v) is 8.71. The van der Waals surface area contributed by atoms with Gasteiger partial charge < -0.3 is 20.9 Å². The van der Waals surface area contributed by atoms with Crippen molar-refractivity contribution in [2.75, 3.05) is 56.5 Å². The molecule has 0 radical (unpaired) electrons. The second-order valence-corrected chi connectivity index (χ2v) is 11.0. The fourth-order valence-electron chi connectivity index (χ4n) is 6.76. The van der Waals surface area contributed by atoms with E-state index in [1.807, 2.05) is 4.90 Å². The number of nitrogens with zero attached hydrogens (tertiary/aromatic N) is 5. The van der Waals surface area contributed by atoms with E-state index in [1.54, 1.807) is 5.01 Å². The first-order chi connectivity index (χ1) is 17.8. The molecule has 5 N–H and O–H groups in total. The minimum Gasteiger partial charge on any atom is -0.367 e. The summed E-state index contributed by atoms with van der Waals surface area (Å²) >= 11 is 0. The van der Waals surface area contributed by atoms with Gasteiger partial charge in [0.15, 0.2) is 5.82 Å². The first-order valence-electron chi connectivity index (χ1n) is 13.2. The van der Waals surface area contributed by atoms with Crippen molar-refractivity contribution in [1.82, 2.24) is 30.5 Å². The number of amides is 2. The Labute approximate surface area is 214 Å². The molecule has 37 heavy (non-hydrogen) atoms. The highest BCUT2D eigenvalue weighted by atomic mass is 19.1. The number of piperidine rings is 1. The molecule has 2 amide bonds. The average molecular weight is 520 g/mol. The van der Waals surface area contributed by atoms with E-state index in [-0.39, 0.29) is 36.3 Å². The number of hydrazine groups is 1. The Morgan fingerprint density at radius 3 is 2.65 bits per heavy atom. The standard InChI is InChI=1S/C24H35F2N9O2/c1-32-11-16-6-15(32)12-34(16)24(37)13-2-4-33(5-3-13)20-17(26)8-28-9-18(20)30-23(36)19-21(27)31-35-10-14(25)7-29-22(19)35/h8-9,13-16,19,21-22,29,31H,2-7,10-12,27H2,1H3,(H,30,36). The van der Waals surface area contributed by atoms with Gasteiger partial charge in [-0.2, -0.15) is 0 Å². The molecule has 0 spiro atoms. The summed E-state index contributed by atoms with van der Waals surface area (Å²) in [7, 11) is 2.11. The van der Waals surface area contributed by atoms with Gasteiger partial charge in [0.05, 0.1) is 36.3 Å². The van der Waals surface area contributed by atoms with Gasteiger partial charge in [-0.1, -0.05) is 0 Å². The van der Waals surface area contributed by atoms with Crippen molar-refractivity contribution in [2.24, 2.45) is 17.6 Å². The van der Waals surface area contributed by atoms with Gasteiger partial charge in [-0.15, -0.1) is 0 Å². The minimum absolute atomic E-state index is 0.0749. The molecule has 6 heterocycles. The zero-order chi connectivity index (χ0) is 25.8. The number of likely N-dealkylation sites (tertiary alicyclic amines) is 2. The summed E-state index contributed by atoms with van der Waals surface area (Å²) in [5, 5.41) is 7.46. The van der Waals surface area contributed by atoms with Gasteiger partial charge in [-0.05, 0) is 26.3 Å². The number of nitrogens with one attached hydrogen (secondary N) is 3. The number of aromatic nitrogens is 1. The van der Waals surface area contributed by atoms with E-state index in [0.717, 1.165) is 25.7 Å². The van der Waals surface area contributed by atoms with E-state index < -0.39 is 36.1 Å². The Bertz CT molecular complexity index is 1050. The molecule has 2 bridgehead atoms. The number of carbonyl (C=O) groups excluding carboxylic acids is 2. The summed E-state index contributed by atoms with van der Waals surface area (Å²) in [6.45, 7) is 3.00. The van der Waals surface area contributed by atoms with Gasteiger partial charge in [0.1, 0.15) is 11.9 Å². The zero-order valence-electron chi connectivity index (χ0n) is 20.9. The molecule has 6 atom stereocenters. The lowest BCUT2D eigenvalue weighted by atomic mass is 9.94. The summed E-state index contributed by atoms with van der Waals surface area (Å²) in [6, 6.07) is 0.769. The van der Waals surface area contributed by atoms with E-state index in [9.17, 15) is 14.0 Å². The predicted octanol–water partition coefficient (Wildman–Crippen LogP) is -0.721. The van der Waals surface area contributed by atoms with E-state index in [2.05, 4.69) is 37.9 Å². The number of carbonyl (C=O) groups is 2. The Kier molecular flexibility index (Phi) is 6.51. The topological polar surface area (TPSA) is 122 Å². The van der Waals surface area contributed by atoms with Crippen LogP contribution in [0, 0.1) is 17.7 Å². The molecule has 0 aromatic carbocycles. The quantitative estimate of drug-likeness (QED) is 0.408. The Morgan fingerprint density at radius 2 is 1.95 bits per heavy atom. The predicted molar refractivity (Wildman–Crippen MR) is 132 cm³/mol. The van der Waals surface area contributed by atoms with E-state index in [0.29, 0.717) is 38.0 Å². The Balaban J connectivity index is 1.12. The van der Waals surface area contributed by atoms with Crippen LogP contribution in [0.1, 0.15) is 19.3 Å². The summed E-state index contributed by atoms with van der Waals surface area (Å²) < 4.78 is 28.8. The van der Waals surface area contributed by atoms with Gasteiger partial charge in [-0.3, -0.25) is 24.8 Å². The molecule has 11 nitrogen and oxygen atoms in total. The second-order valence-electron chi connectivity index (χ2n) is 11.0. The lowest BCUT2D eigenvalue weighted by molar-refractivity contribution is -0.138. The fraction of sp³-hybridized carbons (Fsp3) is 0.708. The normalized spacial score (nSPS) is 34.7. The molecule has 5 aliphatic rings. The summed E-state index contributed by atoms with van der Waals surface area (Å²) in [4.78, 5) is 36.7. The second kappa shape index (κ2) is 9.70. The van der Waals surface area contributed by atoms with Gasteiger partial charge in [-0.25, -0.2) is 19.2 Å². The largest absolute Gasteiger partial charge is 0.367 e. The van der Waals surface area contributed by atoms with Crippen molar-refractivity contribution in [3.8, 4) is 0 Å². The monoisotopic (exact) mass is 519 g/mol. The maximum Gasteiger partial charge on any atom is 0.233 e. The number of nitrogens with two attached hydrogens (primary N) is 1. The average Bonchev–Trinajstić information content (AvgIpc) is 3.54. The molecule has 6 rings (SSSR count). The zero-order valence-corrected chi connectivity index (χ0v) is 20.9. The molecular weight excluding hydrogens is 484 g/mol. The van der Waals surface area contributed by atoms with Gasteiger partial charge >= 0.3 is 0 Å². The molecule has 1 aromatic heterocycles. The molecule has 0 saturated carbocycles. The molecule has 5 aliphatic heterocycles. The number of likely N-dealkylation sites (N-methyl/N-ethyl adjacent to an activating group) is 1. The van der Waals surface area contributed by atoms with Crippen molar-refractivity contribution in [3.63, 3.8) is 0 Å². The van der Waals surface area contributed by atoms with Gasteiger partial charge in [0.25, 0.3) is 0 Å². The molecule has 6 unspecified atom stereocenters. The van der Waals surface area contributed by atoms with E-state index >= 15 is 4.39 Å². The number of halogens is 2. The molecule has 5 fully saturated rings.